The van der Waals surface area contributed by atoms with Gasteiger partial charge in [-0.05, 0) is 42.5 Å². The quantitative estimate of drug-likeness (QED) is 0.551. The van der Waals surface area contributed by atoms with Crippen LogP contribution in [0, 0.1) is 11.3 Å². The molecular weight excluding hydrogens is 436 g/mol. The predicted octanol–water partition coefficient (Wildman–Crippen LogP) is 3.16. The summed E-state index contributed by atoms with van der Waals surface area (Å²) in [7, 11) is 0. The number of carboxylic acids is 1. The summed E-state index contributed by atoms with van der Waals surface area (Å²) >= 11 is 0. The highest BCUT2D eigenvalue weighted by Crippen LogP contribution is 2.44. The molecule has 0 unspecified atom stereocenters. The van der Waals surface area contributed by atoms with Crippen molar-refractivity contribution in [2.75, 3.05) is 26.3 Å². The van der Waals surface area contributed by atoms with Crippen molar-refractivity contribution < 1.29 is 29.0 Å². The lowest BCUT2D eigenvalue weighted by Gasteiger charge is -2.25. The van der Waals surface area contributed by atoms with Crippen LogP contribution in [-0.4, -0.2) is 55.5 Å². The molecular formula is C26H30N2O6. The number of fused-ring (bicyclic) bond motifs is 3. The molecule has 0 bridgehead atoms. The van der Waals surface area contributed by atoms with Crippen LogP contribution in [0.3, 0.4) is 0 Å². The van der Waals surface area contributed by atoms with E-state index in [-0.39, 0.29) is 37.4 Å². The number of carboxylic acid groups (broad SMARTS) is 1. The first-order valence-electron chi connectivity index (χ1n) is 11.5. The van der Waals surface area contributed by atoms with E-state index in [1.807, 2.05) is 24.3 Å². The van der Waals surface area contributed by atoms with E-state index in [1.54, 1.807) is 13.8 Å². The van der Waals surface area contributed by atoms with Gasteiger partial charge in [0.15, 0.2) is 6.10 Å². The summed E-state index contributed by atoms with van der Waals surface area (Å²) in [5.41, 5.74) is 3.67. The fourth-order valence-electron chi connectivity index (χ4n) is 4.60. The lowest BCUT2D eigenvalue weighted by molar-refractivity contribution is -0.149. The molecule has 0 aromatic heterocycles. The van der Waals surface area contributed by atoms with Gasteiger partial charge >= 0.3 is 12.1 Å². The molecule has 2 atom stereocenters. The topological polar surface area (TPSA) is 114 Å². The summed E-state index contributed by atoms with van der Waals surface area (Å²) in [5.74, 6) is -1.60. The summed E-state index contributed by atoms with van der Waals surface area (Å²) in [5, 5.41) is 14.7. The van der Waals surface area contributed by atoms with Crippen molar-refractivity contribution >= 4 is 18.0 Å². The molecule has 2 aliphatic rings. The van der Waals surface area contributed by atoms with E-state index in [0.29, 0.717) is 13.0 Å². The first kappa shape index (κ1) is 23.8. The maximum absolute atomic E-state index is 12.7. The molecule has 1 aliphatic heterocycles. The zero-order valence-corrected chi connectivity index (χ0v) is 19.4. The third-order valence-electron chi connectivity index (χ3n) is 6.62. The summed E-state index contributed by atoms with van der Waals surface area (Å²) < 4.78 is 10.7. The number of rotatable bonds is 8. The van der Waals surface area contributed by atoms with Crippen LogP contribution in [0.2, 0.25) is 0 Å². The lowest BCUT2D eigenvalue weighted by atomic mass is 9.91. The van der Waals surface area contributed by atoms with Crippen molar-refractivity contribution in [3.8, 4) is 11.1 Å². The Morgan fingerprint density at radius 1 is 1.03 bits per heavy atom. The van der Waals surface area contributed by atoms with Crippen molar-refractivity contribution in [1.82, 2.24) is 10.6 Å². The average Bonchev–Trinajstić information content (AvgIpc) is 3.43. The van der Waals surface area contributed by atoms with E-state index >= 15 is 0 Å². The Balaban J connectivity index is 1.27. The van der Waals surface area contributed by atoms with Gasteiger partial charge in [-0.15, -0.1) is 0 Å². The van der Waals surface area contributed by atoms with Gasteiger partial charge in [0.2, 0.25) is 5.91 Å². The number of carbonyl (C=O) groups excluding carboxylic acids is 2. The average molecular weight is 467 g/mol. The predicted molar refractivity (Wildman–Crippen MR) is 125 cm³/mol. The van der Waals surface area contributed by atoms with Gasteiger partial charge in [0, 0.05) is 31.5 Å². The summed E-state index contributed by atoms with van der Waals surface area (Å²) in [6.07, 6.45) is -0.907. The molecule has 1 fully saturated rings. The molecule has 0 radical (unpaired) electrons. The SMILES string of the molecule is CC(C)(CNC(=O)OCC1c2ccccc2-c2ccccc21)C(=O)NC[C@@H]1CCO[C@@H]1C(=O)O. The smallest absolute Gasteiger partial charge is 0.407 e. The summed E-state index contributed by atoms with van der Waals surface area (Å²) in [6, 6.07) is 16.2. The summed E-state index contributed by atoms with van der Waals surface area (Å²) in [6.45, 7) is 4.29. The van der Waals surface area contributed by atoms with Crippen molar-refractivity contribution in [2.24, 2.45) is 11.3 Å². The minimum Gasteiger partial charge on any atom is -0.479 e. The Labute approximate surface area is 198 Å². The molecule has 1 aliphatic carbocycles. The molecule has 0 spiro atoms. The largest absolute Gasteiger partial charge is 0.479 e. The van der Waals surface area contributed by atoms with Gasteiger partial charge in [-0.3, -0.25) is 4.79 Å². The Kier molecular flexibility index (Phi) is 6.88. The van der Waals surface area contributed by atoms with Crippen molar-refractivity contribution in [1.29, 1.82) is 0 Å². The standard InChI is InChI=1S/C26H30N2O6/c1-26(2,24(31)27-13-16-11-12-33-22(16)23(29)30)15-28-25(32)34-14-21-19-9-5-3-7-17(19)18-8-4-6-10-20(18)21/h3-10,16,21-22H,11-15H2,1-2H3,(H,27,31)(H,28,32)(H,29,30)/t16-,22-/m0/s1. The fourth-order valence-corrected chi connectivity index (χ4v) is 4.60. The van der Waals surface area contributed by atoms with Crippen LogP contribution in [0.5, 0.6) is 0 Å². The third kappa shape index (κ3) is 4.92. The Morgan fingerprint density at radius 2 is 1.65 bits per heavy atom. The van der Waals surface area contributed by atoms with E-state index in [2.05, 4.69) is 34.9 Å². The highest BCUT2D eigenvalue weighted by atomic mass is 16.5. The van der Waals surface area contributed by atoms with Gasteiger partial charge in [0.05, 0.1) is 5.41 Å². The number of hydrogen-bond acceptors (Lipinski definition) is 5. The molecule has 1 saturated heterocycles. The van der Waals surface area contributed by atoms with Gasteiger partial charge in [0.25, 0.3) is 0 Å². The molecule has 3 N–H and O–H groups in total. The molecule has 1 heterocycles. The van der Waals surface area contributed by atoms with Crippen LogP contribution < -0.4 is 10.6 Å². The normalized spacial score (nSPS) is 19.2. The minimum absolute atomic E-state index is 0.0368. The van der Waals surface area contributed by atoms with E-state index in [4.69, 9.17) is 9.47 Å². The zero-order chi connectivity index (χ0) is 24.3. The number of ether oxygens (including phenoxy) is 2. The van der Waals surface area contributed by atoms with Crippen molar-refractivity contribution in [2.45, 2.75) is 32.3 Å². The van der Waals surface area contributed by atoms with Crippen LogP contribution in [0.15, 0.2) is 48.5 Å². The van der Waals surface area contributed by atoms with E-state index < -0.39 is 23.6 Å². The van der Waals surface area contributed by atoms with Crippen molar-refractivity contribution in [3.05, 3.63) is 59.7 Å². The lowest BCUT2D eigenvalue weighted by Crippen LogP contribution is -2.47. The highest BCUT2D eigenvalue weighted by molar-refractivity contribution is 5.83. The molecule has 2 aromatic rings. The Hall–Kier alpha value is -3.39. The third-order valence-corrected chi connectivity index (χ3v) is 6.62. The van der Waals surface area contributed by atoms with Gasteiger partial charge in [0.1, 0.15) is 6.61 Å². The van der Waals surface area contributed by atoms with Crippen LogP contribution in [0.1, 0.15) is 37.3 Å². The van der Waals surface area contributed by atoms with E-state index in [0.717, 1.165) is 22.3 Å². The number of benzene rings is 2. The fraction of sp³-hybridized carbons (Fsp3) is 0.423. The Bertz CT molecular complexity index is 1040. The van der Waals surface area contributed by atoms with Crippen LogP contribution in [0.4, 0.5) is 4.79 Å². The first-order valence-corrected chi connectivity index (χ1v) is 11.5. The van der Waals surface area contributed by atoms with Gasteiger partial charge in [-0.2, -0.15) is 0 Å². The minimum atomic E-state index is -1.02. The number of carbonyl (C=O) groups is 3. The van der Waals surface area contributed by atoms with E-state index in [9.17, 15) is 19.5 Å². The highest BCUT2D eigenvalue weighted by Gasteiger charge is 2.36. The monoisotopic (exact) mass is 466 g/mol. The van der Waals surface area contributed by atoms with Crippen LogP contribution in [0.25, 0.3) is 11.1 Å². The molecule has 8 nitrogen and oxygen atoms in total. The maximum atomic E-state index is 12.7. The number of aliphatic carboxylic acids is 1. The van der Waals surface area contributed by atoms with E-state index in [1.165, 1.54) is 0 Å². The summed E-state index contributed by atoms with van der Waals surface area (Å²) in [4.78, 5) is 36.3. The Morgan fingerprint density at radius 3 is 2.26 bits per heavy atom. The molecule has 8 heteroatoms. The molecule has 4 rings (SSSR count). The number of nitrogens with one attached hydrogen (secondary N) is 2. The number of hydrogen-bond donors (Lipinski definition) is 3. The number of amides is 2. The van der Waals surface area contributed by atoms with Crippen molar-refractivity contribution in [3.63, 3.8) is 0 Å². The van der Waals surface area contributed by atoms with Gasteiger partial charge < -0.3 is 25.2 Å². The number of alkyl carbamates (subject to hydrolysis) is 1. The second-order valence-electron chi connectivity index (χ2n) is 9.45. The second kappa shape index (κ2) is 9.85. The maximum Gasteiger partial charge on any atom is 0.407 e. The molecule has 34 heavy (non-hydrogen) atoms. The second-order valence-corrected chi connectivity index (χ2v) is 9.45. The van der Waals surface area contributed by atoms with Gasteiger partial charge in [-0.25, -0.2) is 9.59 Å². The molecule has 180 valence electrons. The first-order chi connectivity index (χ1) is 16.3. The van der Waals surface area contributed by atoms with Gasteiger partial charge in [-0.1, -0.05) is 48.5 Å². The molecule has 0 saturated carbocycles. The van der Waals surface area contributed by atoms with Crippen LogP contribution >= 0.6 is 0 Å². The zero-order valence-electron chi connectivity index (χ0n) is 19.4. The molecule has 2 amide bonds. The van der Waals surface area contributed by atoms with Crippen LogP contribution in [-0.2, 0) is 19.1 Å². The molecule has 2 aromatic carbocycles.